The second-order valence-electron chi connectivity index (χ2n) is 5.85. The van der Waals surface area contributed by atoms with Crippen molar-refractivity contribution in [3.8, 4) is 0 Å². The molecule has 4 heterocycles. The summed E-state index contributed by atoms with van der Waals surface area (Å²) in [5.74, 6) is 0. The van der Waals surface area contributed by atoms with Gasteiger partial charge in [-0.3, -0.25) is 19.6 Å². The van der Waals surface area contributed by atoms with Gasteiger partial charge >= 0.3 is 12.1 Å². The Balaban J connectivity index is 1.46. The summed E-state index contributed by atoms with van der Waals surface area (Å²) >= 11 is 0. The molecule has 0 N–H and O–H groups in total. The Morgan fingerprint density at radius 1 is 0.591 bits per heavy atom. The fraction of sp³-hybridized carbons (Fsp3) is 0.833. The van der Waals surface area contributed by atoms with Crippen LogP contribution in [0.3, 0.4) is 0 Å². The second-order valence-corrected chi connectivity index (χ2v) is 5.85. The Kier molecular flexibility index (Phi) is 2.83. The monoisotopic (exact) mass is 314 g/mol. The molecular weight excluding hydrogens is 296 g/mol. The third kappa shape index (κ3) is 1.63. The molecule has 0 radical (unpaired) electrons. The van der Waals surface area contributed by atoms with Crippen LogP contribution in [0.5, 0.6) is 0 Å². The van der Waals surface area contributed by atoms with E-state index in [4.69, 9.17) is 18.9 Å². The molecule has 0 aromatic carbocycles. The van der Waals surface area contributed by atoms with Crippen molar-refractivity contribution < 1.29 is 28.5 Å². The first-order chi connectivity index (χ1) is 10.4. The third-order valence-corrected chi connectivity index (χ3v) is 4.54. The number of ether oxygens (including phenoxy) is 4. The second kappa shape index (κ2) is 4.44. The van der Waals surface area contributed by atoms with Gasteiger partial charge in [0.05, 0.1) is 0 Å². The maximum atomic E-state index is 11.8. The first-order valence-corrected chi connectivity index (χ1v) is 7.01. The molecule has 4 aliphatic heterocycles. The van der Waals surface area contributed by atoms with Crippen molar-refractivity contribution in [2.24, 2.45) is 0 Å². The largest absolute Gasteiger partial charge is 0.323 e. The van der Waals surface area contributed by atoms with E-state index in [9.17, 15) is 9.59 Å². The SMILES string of the molecule is CN1C(=O)N(C)[C@@H]2OC(C3O[C@@H]4[C@H](O3)N(C)C(=O)N4C)O[C@H]21. The Morgan fingerprint density at radius 2 is 0.818 bits per heavy atom. The highest BCUT2D eigenvalue weighted by atomic mass is 16.8. The van der Waals surface area contributed by atoms with E-state index in [0.29, 0.717) is 0 Å². The van der Waals surface area contributed by atoms with Gasteiger partial charge in [-0.1, -0.05) is 0 Å². The van der Waals surface area contributed by atoms with E-state index in [-0.39, 0.29) is 12.1 Å². The maximum absolute atomic E-state index is 11.8. The van der Waals surface area contributed by atoms with Gasteiger partial charge in [-0.05, 0) is 0 Å². The van der Waals surface area contributed by atoms with Crippen molar-refractivity contribution in [1.82, 2.24) is 19.6 Å². The lowest BCUT2D eigenvalue weighted by Gasteiger charge is -2.24. The van der Waals surface area contributed by atoms with Crippen LogP contribution in [0.25, 0.3) is 0 Å². The summed E-state index contributed by atoms with van der Waals surface area (Å²) in [6.07, 6.45) is -3.48. The molecule has 1 unspecified atom stereocenters. The molecule has 0 bridgehead atoms. The number of carbonyl (C=O) groups excluding carboxylic acids is 2. The standard InChI is InChI=1S/C12H18N4O6/c1-13-5-6(14(2)11(13)17)20-9(19-5)10-21-7-8(22-10)16(4)12(18)15(7)3/h5-10H,1-4H3/t5-,6-,7-,8+,10?/m1/s1. The van der Waals surface area contributed by atoms with E-state index in [2.05, 4.69) is 0 Å². The molecule has 0 aromatic rings. The molecule has 0 aromatic heterocycles. The van der Waals surface area contributed by atoms with Gasteiger partial charge in [-0.15, -0.1) is 0 Å². The van der Waals surface area contributed by atoms with Crippen LogP contribution in [0.2, 0.25) is 0 Å². The highest BCUT2D eigenvalue weighted by Crippen LogP contribution is 2.37. The highest BCUT2D eigenvalue weighted by molar-refractivity contribution is 5.77. The van der Waals surface area contributed by atoms with Crippen LogP contribution in [0.1, 0.15) is 0 Å². The molecule has 10 heteroatoms. The first kappa shape index (κ1) is 14.0. The number of urea groups is 2. The van der Waals surface area contributed by atoms with Crippen LogP contribution in [0.15, 0.2) is 0 Å². The zero-order valence-corrected chi connectivity index (χ0v) is 12.7. The van der Waals surface area contributed by atoms with Gasteiger partial charge in [0.2, 0.25) is 12.6 Å². The molecule has 4 rings (SSSR count). The topological polar surface area (TPSA) is 84.0 Å². The van der Waals surface area contributed by atoms with Crippen LogP contribution in [0, 0.1) is 0 Å². The maximum Gasteiger partial charge on any atom is 0.323 e. The minimum atomic E-state index is -0.754. The van der Waals surface area contributed by atoms with E-state index in [1.54, 1.807) is 28.2 Å². The molecule has 0 spiro atoms. The number of nitrogens with zero attached hydrogens (tertiary/aromatic N) is 4. The summed E-state index contributed by atoms with van der Waals surface area (Å²) in [6.45, 7) is 0. The van der Waals surface area contributed by atoms with Gasteiger partial charge in [-0.25, -0.2) is 9.59 Å². The molecule has 0 aliphatic carbocycles. The fourth-order valence-electron chi connectivity index (χ4n) is 3.20. The lowest BCUT2D eigenvalue weighted by molar-refractivity contribution is -0.240. The lowest BCUT2D eigenvalue weighted by atomic mass is 10.5. The van der Waals surface area contributed by atoms with Crippen molar-refractivity contribution in [3.05, 3.63) is 0 Å². The van der Waals surface area contributed by atoms with Gasteiger partial charge in [0, 0.05) is 28.2 Å². The number of hydrogen-bond donors (Lipinski definition) is 0. The molecule has 5 atom stereocenters. The van der Waals surface area contributed by atoms with Gasteiger partial charge in [-0.2, -0.15) is 0 Å². The van der Waals surface area contributed by atoms with Crippen LogP contribution in [0.4, 0.5) is 9.59 Å². The highest BCUT2D eigenvalue weighted by Gasteiger charge is 2.58. The Hall–Kier alpha value is -1.62. The lowest BCUT2D eigenvalue weighted by Crippen LogP contribution is -2.40. The Morgan fingerprint density at radius 3 is 1.05 bits per heavy atom. The molecule has 10 nitrogen and oxygen atoms in total. The summed E-state index contributed by atoms with van der Waals surface area (Å²) in [4.78, 5) is 29.5. The molecule has 4 aliphatic rings. The number of rotatable bonds is 1. The zero-order chi connectivity index (χ0) is 15.8. The third-order valence-electron chi connectivity index (χ3n) is 4.54. The molecule has 122 valence electrons. The quantitative estimate of drug-likeness (QED) is 0.619. The minimum absolute atomic E-state index is 0.163. The molecule has 4 amide bonds. The minimum Gasteiger partial charge on any atom is -0.319 e. The van der Waals surface area contributed by atoms with Crippen LogP contribution < -0.4 is 0 Å². The van der Waals surface area contributed by atoms with E-state index in [1.165, 1.54) is 19.6 Å². The molecule has 4 saturated heterocycles. The molecule has 0 saturated carbocycles. The summed E-state index contributed by atoms with van der Waals surface area (Å²) in [7, 11) is 6.61. The van der Waals surface area contributed by atoms with Crippen molar-refractivity contribution in [3.63, 3.8) is 0 Å². The Labute approximate surface area is 127 Å². The molecule has 4 fully saturated rings. The van der Waals surface area contributed by atoms with Crippen molar-refractivity contribution in [2.45, 2.75) is 37.5 Å². The van der Waals surface area contributed by atoms with Gasteiger partial charge in [0.15, 0.2) is 24.9 Å². The summed E-state index contributed by atoms with van der Waals surface area (Å²) in [6, 6.07) is -0.327. The summed E-state index contributed by atoms with van der Waals surface area (Å²) in [5.41, 5.74) is 0. The average Bonchev–Trinajstić information content (AvgIpc) is 3.21. The Bertz CT molecular complexity index is 446. The van der Waals surface area contributed by atoms with E-state index in [0.717, 1.165) is 0 Å². The summed E-state index contributed by atoms with van der Waals surface area (Å²) < 4.78 is 23.0. The fourth-order valence-corrected chi connectivity index (χ4v) is 3.20. The number of fused-ring (bicyclic) bond motifs is 2. The smallest absolute Gasteiger partial charge is 0.319 e. The number of carbonyl (C=O) groups is 2. The predicted octanol–water partition coefficient (Wildman–Crippen LogP) is -0.969. The molecular formula is C12H18N4O6. The van der Waals surface area contributed by atoms with Crippen LogP contribution in [-0.2, 0) is 18.9 Å². The van der Waals surface area contributed by atoms with Crippen molar-refractivity contribution in [2.75, 3.05) is 28.2 Å². The van der Waals surface area contributed by atoms with E-state index in [1.807, 2.05) is 0 Å². The van der Waals surface area contributed by atoms with Gasteiger partial charge in [0.1, 0.15) is 0 Å². The number of likely N-dealkylation sites (N-methyl/N-ethyl adjacent to an activating group) is 4. The summed E-state index contributed by atoms with van der Waals surface area (Å²) in [5, 5.41) is 0. The van der Waals surface area contributed by atoms with Gasteiger partial charge < -0.3 is 18.9 Å². The number of amides is 4. The van der Waals surface area contributed by atoms with E-state index < -0.39 is 37.5 Å². The van der Waals surface area contributed by atoms with Gasteiger partial charge in [0.25, 0.3) is 0 Å². The zero-order valence-electron chi connectivity index (χ0n) is 12.7. The van der Waals surface area contributed by atoms with Crippen molar-refractivity contribution in [1.29, 1.82) is 0 Å². The normalized spacial score (nSPS) is 41.9. The van der Waals surface area contributed by atoms with E-state index >= 15 is 0 Å². The molecule has 22 heavy (non-hydrogen) atoms. The van der Waals surface area contributed by atoms with Crippen LogP contribution >= 0.6 is 0 Å². The van der Waals surface area contributed by atoms with Crippen molar-refractivity contribution >= 4 is 12.1 Å². The average molecular weight is 314 g/mol. The van der Waals surface area contributed by atoms with Crippen LogP contribution in [-0.4, -0.2) is 97.3 Å². The predicted molar refractivity (Wildman–Crippen MR) is 68.9 cm³/mol. The number of hydrogen-bond acceptors (Lipinski definition) is 6. The first-order valence-electron chi connectivity index (χ1n) is 7.01.